The fourth-order valence-electron chi connectivity index (χ4n) is 3.98. The molecule has 136 valence electrons. The van der Waals surface area contributed by atoms with Crippen LogP contribution < -0.4 is 0 Å². The summed E-state index contributed by atoms with van der Waals surface area (Å²) in [6.07, 6.45) is 2.06. The Balaban J connectivity index is 1.87. The van der Waals surface area contributed by atoms with Crippen LogP contribution in [-0.4, -0.2) is 50.0 Å². The van der Waals surface area contributed by atoms with Crippen LogP contribution in [0.25, 0.3) is 0 Å². The molecule has 3 rings (SSSR count). The zero-order valence-electron chi connectivity index (χ0n) is 14.0. The fraction of sp³-hybridized carbons (Fsp3) is 0.529. The lowest BCUT2D eigenvalue weighted by molar-refractivity contribution is -0.149. The van der Waals surface area contributed by atoms with Gasteiger partial charge in [0.2, 0.25) is 10.0 Å². The summed E-state index contributed by atoms with van der Waals surface area (Å²) in [5.74, 6) is -1.50. The molecule has 1 aromatic carbocycles. The van der Waals surface area contributed by atoms with Gasteiger partial charge >= 0.3 is 11.9 Å². The first kappa shape index (κ1) is 17.9. The van der Waals surface area contributed by atoms with Gasteiger partial charge in [-0.25, -0.2) is 8.42 Å². The molecule has 0 spiro atoms. The lowest BCUT2D eigenvalue weighted by Gasteiger charge is -2.23. The highest BCUT2D eigenvalue weighted by Crippen LogP contribution is 2.50. The van der Waals surface area contributed by atoms with Crippen LogP contribution in [0.15, 0.2) is 29.2 Å². The molecular weight excluding hydrogens is 346 g/mol. The van der Waals surface area contributed by atoms with E-state index >= 15 is 0 Å². The summed E-state index contributed by atoms with van der Waals surface area (Å²) < 4.78 is 31.8. The van der Waals surface area contributed by atoms with Crippen LogP contribution in [0.3, 0.4) is 0 Å². The van der Waals surface area contributed by atoms with Crippen LogP contribution in [-0.2, 0) is 30.8 Å². The summed E-state index contributed by atoms with van der Waals surface area (Å²) in [5, 5.41) is 9.63. The van der Waals surface area contributed by atoms with Crippen LogP contribution >= 0.6 is 0 Å². The molecule has 2 aliphatic rings. The molecule has 7 nitrogen and oxygen atoms in total. The molecule has 1 aliphatic heterocycles. The van der Waals surface area contributed by atoms with Gasteiger partial charge in [-0.1, -0.05) is 18.6 Å². The molecule has 1 aromatic rings. The number of ether oxygens (including phenoxy) is 1. The van der Waals surface area contributed by atoms with Crippen molar-refractivity contribution in [2.45, 2.75) is 30.6 Å². The second-order valence-corrected chi connectivity index (χ2v) is 8.69. The predicted octanol–water partition coefficient (Wildman–Crippen LogP) is 1.28. The fourth-order valence-corrected chi connectivity index (χ4v) is 5.61. The second kappa shape index (κ2) is 6.42. The quantitative estimate of drug-likeness (QED) is 0.787. The lowest BCUT2D eigenvalue weighted by Crippen LogP contribution is -2.37. The topological polar surface area (TPSA) is 101 Å². The Kier molecular flexibility index (Phi) is 4.59. The molecule has 0 amide bonds. The van der Waals surface area contributed by atoms with Crippen LogP contribution in [0.1, 0.15) is 24.8 Å². The molecule has 1 saturated carbocycles. The van der Waals surface area contributed by atoms with Crippen molar-refractivity contribution in [3.8, 4) is 0 Å². The number of nitrogens with zero attached hydrogens (tertiary/aromatic N) is 1. The third-order valence-corrected chi connectivity index (χ3v) is 7.19. The molecule has 2 atom stereocenters. The average molecular weight is 367 g/mol. The minimum atomic E-state index is -3.80. The molecule has 1 aliphatic carbocycles. The van der Waals surface area contributed by atoms with Crippen LogP contribution in [0.5, 0.6) is 0 Å². The largest absolute Gasteiger partial charge is 0.481 e. The number of carbonyl (C=O) groups excluding carboxylic acids is 1. The number of aliphatic carboxylic acids is 1. The van der Waals surface area contributed by atoms with Gasteiger partial charge in [-0.3, -0.25) is 9.59 Å². The van der Waals surface area contributed by atoms with Crippen molar-refractivity contribution in [3.05, 3.63) is 29.8 Å². The monoisotopic (exact) mass is 367 g/mol. The Morgan fingerprint density at radius 1 is 1.40 bits per heavy atom. The van der Waals surface area contributed by atoms with Gasteiger partial charge < -0.3 is 9.84 Å². The van der Waals surface area contributed by atoms with E-state index in [9.17, 15) is 23.1 Å². The van der Waals surface area contributed by atoms with Gasteiger partial charge in [-0.05, 0) is 36.5 Å². The van der Waals surface area contributed by atoms with E-state index in [1.807, 2.05) is 0 Å². The first-order chi connectivity index (χ1) is 11.8. The van der Waals surface area contributed by atoms with E-state index in [4.69, 9.17) is 0 Å². The number of sulfonamides is 1. The van der Waals surface area contributed by atoms with Gasteiger partial charge in [-0.15, -0.1) is 0 Å². The summed E-state index contributed by atoms with van der Waals surface area (Å²) in [4.78, 5) is 23.2. The maximum Gasteiger partial charge on any atom is 0.311 e. The standard InChI is InChI=1S/C17H21NO6S/c1-24-15(19)9-12-4-2-6-14(8-12)25(22,23)18-10-13-5-3-7-17(13,11-18)16(20)21/h2,4,6,8,13H,3,5,7,9-11H2,1H3,(H,20,21)/t13-,17+/m0/s1. The van der Waals surface area contributed by atoms with Crippen molar-refractivity contribution in [2.75, 3.05) is 20.2 Å². The minimum absolute atomic E-state index is 0.0105. The molecule has 25 heavy (non-hydrogen) atoms. The SMILES string of the molecule is COC(=O)Cc1cccc(S(=O)(=O)N2C[C@@H]3CCC[C@@]3(C(=O)O)C2)c1. The third kappa shape index (κ3) is 3.04. The van der Waals surface area contributed by atoms with Crippen molar-refractivity contribution >= 4 is 22.0 Å². The Morgan fingerprint density at radius 3 is 2.80 bits per heavy atom. The Bertz CT molecular complexity index is 805. The normalized spacial score (nSPS) is 26.4. The third-order valence-electron chi connectivity index (χ3n) is 5.38. The first-order valence-corrected chi connectivity index (χ1v) is 9.63. The Morgan fingerprint density at radius 2 is 2.16 bits per heavy atom. The molecular formula is C17H21NO6S. The van der Waals surface area contributed by atoms with Crippen LogP contribution in [0.2, 0.25) is 0 Å². The first-order valence-electron chi connectivity index (χ1n) is 8.19. The predicted molar refractivity (Wildman–Crippen MR) is 88.3 cm³/mol. The maximum atomic E-state index is 13.0. The molecule has 0 aromatic heterocycles. The number of esters is 1. The summed E-state index contributed by atoms with van der Waals surface area (Å²) in [5.41, 5.74) is -0.420. The van der Waals surface area contributed by atoms with E-state index in [0.717, 1.165) is 12.8 Å². The number of fused-ring (bicyclic) bond motifs is 1. The van der Waals surface area contributed by atoms with E-state index in [1.54, 1.807) is 12.1 Å². The average Bonchev–Trinajstić information content (AvgIpc) is 3.13. The van der Waals surface area contributed by atoms with Crippen molar-refractivity contribution < 1.29 is 27.9 Å². The van der Waals surface area contributed by atoms with Gasteiger partial charge in [-0.2, -0.15) is 4.31 Å². The van der Waals surface area contributed by atoms with Gasteiger partial charge in [0.05, 0.1) is 23.8 Å². The Hall–Kier alpha value is -1.93. The molecule has 1 N–H and O–H groups in total. The number of hydrogen-bond acceptors (Lipinski definition) is 5. The summed E-state index contributed by atoms with van der Waals surface area (Å²) in [7, 11) is -2.52. The molecule has 0 unspecified atom stereocenters. The van der Waals surface area contributed by atoms with Crippen molar-refractivity contribution in [3.63, 3.8) is 0 Å². The van der Waals surface area contributed by atoms with Gasteiger partial charge in [0.1, 0.15) is 0 Å². The van der Waals surface area contributed by atoms with Gasteiger partial charge in [0, 0.05) is 13.1 Å². The minimum Gasteiger partial charge on any atom is -0.481 e. The van der Waals surface area contributed by atoms with E-state index in [2.05, 4.69) is 4.74 Å². The van der Waals surface area contributed by atoms with Gasteiger partial charge in [0.15, 0.2) is 0 Å². The number of benzene rings is 1. The summed E-state index contributed by atoms with van der Waals surface area (Å²) in [6.45, 7) is 0.242. The number of methoxy groups -OCH3 is 1. The van der Waals surface area contributed by atoms with E-state index in [0.29, 0.717) is 12.0 Å². The smallest absolute Gasteiger partial charge is 0.311 e. The molecule has 0 bridgehead atoms. The highest BCUT2D eigenvalue weighted by molar-refractivity contribution is 7.89. The summed E-state index contributed by atoms with van der Waals surface area (Å²) >= 11 is 0. The lowest BCUT2D eigenvalue weighted by atomic mass is 9.81. The zero-order valence-corrected chi connectivity index (χ0v) is 14.8. The van der Waals surface area contributed by atoms with Crippen LogP contribution in [0.4, 0.5) is 0 Å². The molecule has 1 saturated heterocycles. The number of hydrogen-bond donors (Lipinski definition) is 1. The van der Waals surface area contributed by atoms with Crippen molar-refractivity contribution in [2.24, 2.45) is 11.3 Å². The second-order valence-electron chi connectivity index (χ2n) is 6.75. The van der Waals surface area contributed by atoms with Crippen molar-refractivity contribution in [1.82, 2.24) is 4.31 Å². The van der Waals surface area contributed by atoms with E-state index in [1.165, 1.54) is 23.5 Å². The highest BCUT2D eigenvalue weighted by Gasteiger charge is 2.57. The van der Waals surface area contributed by atoms with E-state index in [-0.39, 0.29) is 30.3 Å². The number of rotatable bonds is 5. The Labute approximate surface area is 146 Å². The number of carbonyl (C=O) groups is 2. The number of carboxylic acid groups (broad SMARTS) is 1. The molecule has 0 radical (unpaired) electrons. The van der Waals surface area contributed by atoms with E-state index < -0.39 is 27.4 Å². The molecule has 2 fully saturated rings. The summed E-state index contributed by atoms with van der Waals surface area (Å²) in [6, 6.07) is 6.16. The molecule has 8 heteroatoms. The zero-order chi connectivity index (χ0) is 18.2. The highest BCUT2D eigenvalue weighted by atomic mass is 32.2. The van der Waals surface area contributed by atoms with Crippen molar-refractivity contribution in [1.29, 1.82) is 0 Å². The maximum absolute atomic E-state index is 13.0. The van der Waals surface area contributed by atoms with Gasteiger partial charge in [0.25, 0.3) is 0 Å². The van der Waals surface area contributed by atoms with Crippen LogP contribution in [0, 0.1) is 11.3 Å². The molecule has 1 heterocycles. The number of carboxylic acids is 1.